The van der Waals surface area contributed by atoms with Crippen LogP contribution in [0.3, 0.4) is 0 Å². The molecule has 0 unspecified atom stereocenters. The fraction of sp³-hybridized carbons (Fsp3) is 0.583. The fourth-order valence-electron chi connectivity index (χ4n) is 0.715. The predicted octanol–water partition coefficient (Wildman–Crippen LogP) is 3.60. The van der Waals surface area contributed by atoms with E-state index in [0.29, 0.717) is 12.0 Å². The molecule has 2 heteroatoms. The highest BCUT2D eigenvalue weighted by Crippen LogP contribution is 2.02. The number of allylic oxidation sites excluding steroid dienone is 1. The van der Waals surface area contributed by atoms with E-state index in [2.05, 4.69) is 39.4 Å². The monoisotopic (exact) mass is 194 g/mol. The summed E-state index contributed by atoms with van der Waals surface area (Å²) in [7, 11) is 0. The Balaban J connectivity index is 0.000000292. The largest absolute Gasteiger partial charge is 0.270 e. The van der Waals surface area contributed by atoms with Crippen LogP contribution in [0.25, 0.3) is 0 Å². The lowest BCUT2D eigenvalue weighted by Gasteiger charge is -2.02. The van der Waals surface area contributed by atoms with Crippen molar-refractivity contribution >= 4 is 0 Å². The second-order valence-corrected chi connectivity index (χ2v) is 4.07. The SMILES string of the molecule is C=CC(C)C.Cc1cnn(C(C)C)c1. The van der Waals surface area contributed by atoms with Crippen LogP contribution in [-0.2, 0) is 0 Å². The van der Waals surface area contributed by atoms with E-state index in [1.165, 1.54) is 5.56 Å². The Morgan fingerprint density at radius 1 is 1.36 bits per heavy atom. The van der Waals surface area contributed by atoms with Gasteiger partial charge in [0.25, 0.3) is 0 Å². The van der Waals surface area contributed by atoms with Crippen molar-refractivity contribution in [2.24, 2.45) is 5.92 Å². The van der Waals surface area contributed by atoms with E-state index in [9.17, 15) is 0 Å². The Kier molecular flexibility index (Phi) is 5.93. The third-order valence-corrected chi connectivity index (χ3v) is 1.73. The molecule has 0 amide bonds. The van der Waals surface area contributed by atoms with Gasteiger partial charge in [0.05, 0.1) is 6.20 Å². The predicted molar refractivity (Wildman–Crippen MR) is 62.4 cm³/mol. The first-order valence-corrected chi connectivity index (χ1v) is 5.10. The van der Waals surface area contributed by atoms with Crippen LogP contribution in [0.5, 0.6) is 0 Å². The normalized spacial score (nSPS) is 9.93. The molecule has 0 aromatic carbocycles. The molecule has 0 spiro atoms. The molecule has 80 valence electrons. The molecule has 14 heavy (non-hydrogen) atoms. The highest BCUT2D eigenvalue weighted by atomic mass is 15.3. The molecule has 0 saturated carbocycles. The van der Waals surface area contributed by atoms with Crippen molar-refractivity contribution in [1.29, 1.82) is 0 Å². The number of hydrogen-bond acceptors (Lipinski definition) is 1. The zero-order valence-electron chi connectivity index (χ0n) is 9.99. The van der Waals surface area contributed by atoms with Gasteiger partial charge in [-0.15, -0.1) is 6.58 Å². The minimum atomic E-state index is 0.485. The van der Waals surface area contributed by atoms with Crippen LogP contribution in [0.4, 0.5) is 0 Å². The van der Waals surface area contributed by atoms with Gasteiger partial charge in [0, 0.05) is 12.2 Å². The van der Waals surface area contributed by atoms with Gasteiger partial charge >= 0.3 is 0 Å². The Bertz CT molecular complexity index is 259. The number of aryl methyl sites for hydroxylation is 1. The molecule has 1 aromatic heterocycles. The van der Waals surface area contributed by atoms with Gasteiger partial charge in [0.1, 0.15) is 0 Å². The van der Waals surface area contributed by atoms with Crippen LogP contribution >= 0.6 is 0 Å². The van der Waals surface area contributed by atoms with Crippen LogP contribution in [-0.4, -0.2) is 9.78 Å². The zero-order chi connectivity index (χ0) is 11.1. The lowest BCUT2D eigenvalue weighted by molar-refractivity contribution is 0.532. The van der Waals surface area contributed by atoms with Crippen molar-refractivity contribution in [3.63, 3.8) is 0 Å². The molecule has 1 rings (SSSR count). The highest BCUT2D eigenvalue weighted by molar-refractivity contribution is 4.99. The van der Waals surface area contributed by atoms with Crippen LogP contribution in [0, 0.1) is 12.8 Å². The summed E-state index contributed by atoms with van der Waals surface area (Å²) in [4.78, 5) is 0. The molecule has 0 atom stereocenters. The summed E-state index contributed by atoms with van der Waals surface area (Å²) in [5.74, 6) is 0.648. The second-order valence-electron chi connectivity index (χ2n) is 4.07. The molecule has 2 nitrogen and oxygen atoms in total. The van der Waals surface area contributed by atoms with Gasteiger partial charge in [-0.25, -0.2) is 0 Å². The minimum Gasteiger partial charge on any atom is -0.270 e. The summed E-state index contributed by atoms with van der Waals surface area (Å²) in [5, 5.41) is 4.13. The van der Waals surface area contributed by atoms with Crippen molar-refractivity contribution in [2.45, 2.75) is 40.7 Å². The number of aromatic nitrogens is 2. The van der Waals surface area contributed by atoms with Gasteiger partial charge in [0.2, 0.25) is 0 Å². The first-order valence-electron chi connectivity index (χ1n) is 5.10. The summed E-state index contributed by atoms with van der Waals surface area (Å²) >= 11 is 0. The van der Waals surface area contributed by atoms with Crippen molar-refractivity contribution in [3.05, 3.63) is 30.6 Å². The van der Waals surface area contributed by atoms with E-state index < -0.39 is 0 Å². The number of rotatable bonds is 2. The first kappa shape index (κ1) is 12.9. The lowest BCUT2D eigenvalue weighted by atomic mass is 10.2. The van der Waals surface area contributed by atoms with Crippen molar-refractivity contribution in [3.8, 4) is 0 Å². The molecule has 0 radical (unpaired) electrons. The van der Waals surface area contributed by atoms with Gasteiger partial charge in [-0.1, -0.05) is 19.9 Å². The molecule has 0 aliphatic carbocycles. The van der Waals surface area contributed by atoms with Gasteiger partial charge in [-0.2, -0.15) is 5.10 Å². The Morgan fingerprint density at radius 2 is 1.86 bits per heavy atom. The highest BCUT2D eigenvalue weighted by Gasteiger charge is 1.95. The van der Waals surface area contributed by atoms with Crippen LogP contribution < -0.4 is 0 Å². The molecular weight excluding hydrogens is 172 g/mol. The van der Waals surface area contributed by atoms with E-state index in [4.69, 9.17) is 0 Å². The molecule has 0 bridgehead atoms. The average Bonchev–Trinajstić information content (AvgIpc) is 2.53. The number of hydrogen-bond donors (Lipinski definition) is 0. The second kappa shape index (κ2) is 6.41. The Labute approximate surface area is 87.6 Å². The molecule has 1 aromatic rings. The molecule has 0 aliphatic rings. The maximum atomic E-state index is 4.13. The van der Waals surface area contributed by atoms with Crippen molar-refractivity contribution < 1.29 is 0 Å². The summed E-state index contributed by atoms with van der Waals surface area (Å²) in [6.07, 6.45) is 5.84. The smallest absolute Gasteiger partial charge is 0.0519 e. The van der Waals surface area contributed by atoms with Crippen molar-refractivity contribution in [1.82, 2.24) is 9.78 Å². The van der Waals surface area contributed by atoms with E-state index in [1.54, 1.807) is 0 Å². The van der Waals surface area contributed by atoms with E-state index in [0.717, 1.165) is 0 Å². The van der Waals surface area contributed by atoms with Gasteiger partial charge in [-0.05, 0) is 32.3 Å². The standard InChI is InChI=1S/C7H12N2.C5H10/c1-6(2)9-5-7(3)4-8-9;1-4-5(2)3/h4-6H,1-3H3;4-5H,1H2,2-3H3. The molecule has 0 saturated heterocycles. The van der Waals surface area contributed by atoms with Gasteiger partial charge in [-0.3, -0.25) is 4.68 Å². The molecule has 0 fully saturated rings. The van der Waals surface area contributed by atoms with Gasteiger partial charge in [0.15, 0.2) is 0 Å². The summed E-state index contributed by atoms with van der Waals surface area (Å²) in [5.41, 5.74) is 1.23. The Hall–Kier alpha value is -1.05. The minimum absolute atomic E-state index is 0.485. The van der Waals surface area contributed by atoms with E-state index in [-0.39, 0.29) is 0 Å². The average molecular weight is 194 g/mol. The quantitative estimate of drug-likeness (QED) is 0.658. The lowest BCUT2D eigenvalue weighted by Crippen LogP contribution is -1.99. The Morgan fingerprint density at radius 3 is 2.00 bits per heavy atom. The van der Waals surface area contributed by atoms with Crippen LogP contribution in [0.2, 0.25) is 0 Å². The third-order valence-electron chi connectivity index (χ3n) is 1.73. The maximum Gasteiger partial charge on any atom is 0.0519 e. The third kappa shape index (κ3) is 5.57. The first-order chi connectivity index (χ1) is 6.47. The van der Waals surface area contributed by atoms with E-state index >= 15 is 0 Å². The molecule has 0 N–H and O–H groups in total. The number of nitrogens with zero attached hydrogens (tertiary/aromatic N) is 2. The summed E-state index contributed by atoms with van der Waals surface area (Å²) < 4.78 is 1.95. The zero-order valence-corrected chi connectivity index (χ0v) is 9.99. The molecule has 1 heterocycles. The van der Waals surface area contributed by atoms with Crippen molar-refractivity contribution in [2.75, 3.05) is 0 Å². The maximum absolute atomic E-state index is 4.13. The fourth-order valence-corrected chi connectivity index (χ4v) is 0.715. The van der Waals surface area contributed by atoms with Gasteiger partial charge < -0.3 is 0 Å². The summed E-state index contributed by atoms with van der Waals surface area (Å²) in [6.45, 7) is 14.1. The van der Waals surface area contributed by atoms with Crippen LogP contribution in [0.15, 0.2) is 25.0 Å². The van der Waals surface area contributed by atoms with E-state index in [1.807, 2.05) is 30.1 Å². The topological polar surface area (TPSA) is 17.8 Å². The van der Waals surface area contributed by atoms with Crippen LogP contribution in [0.1, 0.15) is 39.3 Å². The summed E-state index contributed by atoms with van der Waals surface area (Å²) in [6, 6.07) is 0.485. The molecular formula is C12H22N2. The molecule has 0 aliphatic heterocycles.